The molecular formula is C20H19ClFN3O2. The molecule has 0 fully saturated rings. The maximum atomic E-state index is 13.3. The molecule has 3 rings (SSSR count). The molecule has 1 heterocycles. The van der Waals surface area contributed by atoms with Gasteiger partial charge in [-0.2, -0.15) is 0 Å². The number of amides is 2. The molecule has 0 bridgehead atoms. The second kappa shape index (κ2) is 8.22. The van der Waals surface area contributed by atoms with E-state index in [1.54, 1.807) is 4.90 Å². The molecule has 0 aliphatic heterocycles. The van der Waals surface area contributed by atoms with E-state index in [9.17, 15) is 14.0 Å². The monoisotopic (exact) mass is 387 g/mol. The zero-order valence-electron chi connectivity index (χ0n) is 14.8. The molecule has 2 N–H and O–H groups in total. The van der Waals surface area contributed by atoms with Gasteiger partial charge in [-0.1, -0.05) is 36.7 Å². The summed E-state index contributed by atoms with van der Waals surface area (Å²) < 4.78 is 13.3. The second-order valence-electron chi connectivity index (χ2n) is 6.19. The highest BCUT2D eigenvalue weighted by molar-refractivity contribution is 6.31. The highest BCUT2D eigenvalue weighted by Crippen LogP contribution is 2.21. The lowest BCUT2D eigenvalue weighted by molar-refractivity contribution is 0.209. The van der Waals surface area contributed by atoms with Crippen LogP contribution in [0, 0.1) is 5.82 Å². The van der Waals surface area contributed by atoms with Gasteiger partial charge in [-0.15, -0.1) is 0 Å². The van der Waals surface area contributed by atoms with E-state index in [1.807, 2.05) is 31.2 Å². The predicted octanol–water partition coefficient (Wildman–Crippen LogP) is 4.76. The van der Waals surface area contributed by atoms with E-state index in [2.05, 4.69) is 10.3 Å². The molecule has 0 atom stereocenters. The van der Waals surface area contributed by atoms with E-state index < -0.39 is 5.82 Å². The van der Waals surface area contributed by atoms with Crippen molar-refractivity contribution >= 4 is 34.2 Å². The third-order valence-electron chi connectivity index (χ3n) is 4.15. The van der Waals surface area contributed by atoms with Crippen LogP contribution in [-0.4, -0.2) is 22.5 Å². The van der Waals surface area contributed by atoms with Gasteiger partial charge in [-0.3, -0.25) is 4.79 Å². The molecule has 0 saturated carbocycles. The second-order valence-corrected chi connectivity index (χ2v) is 6.59. The molecule has 1 aromatic heterocycles. The van der Waals surface area contributed by atoms with Crippen molar-refractivity contribution in [3.05, 3.63) is 75.3 Å². The Hall–Kier alpha value is -2.86. The van der Waals surface area contributed by atoms with Crippen LogP contribution in [-0.2, 0) is 6.54 Å². The molecule has 140 valence electrons. The minimum absolute atomic E-state index is 0.0598. The van der Waals surface area contributed by atoms with Crippen LogP contribution in [0.1, 0.15) is 18.9 Å². The largest absolute Gasteiger partial charge is 0.322 e. The molecule has 0 saturated heterocycles. The van der Waals surface area contributed by atoms with E-state index in [0.717, 1.165) is 22.9 Å². The van der Waals surface area contributed by atoms with Crippen molar-refractivity contribution in [1.82, 2.24) is 9.88 Å². The van der Waals surface area contributed by atoms with Gasteiger partial charge in [0, 0.05) is 35.7 Å². The molecule has 2 amide bonds. The van der Waals surface area contributed by atoms with E-state index in [1.165, 1.54) is 24.3 Å². The number of anilines is 1. The number of pyridine rings is 1. The number of fused-ring (bicyclic) bond motifs is 1. The van der Waals surface area contributed by atoms with Crippen LogP contribution in [0.25, 0.3) is 10.9 Å². The van der Waals surface area contributed by atoms with Gasteiger partial charge in [0.2, 0.25) is 5.56 Å². The number of hydrogen-bond acceptors (Lipinski definition) is 2. The molecular weight excluding hydrogens is 369 g/mol. The van der Waals surface area contributed by atoms with Crippen LogP contribution in [0.4, 0.5) is 14.9 Å². The number of carbonyl (C=O) groups excluding carboxylic acids is 1. The maximum Gasteiger partial charge on any atom is 0.322 e. The minimum Gasteiger partial charge on any atom is -0.322 e. The number of carbonyl (C=O) groups is 1. The zero-order valence-corrected chi connectivity index (χ0v) is 15.5. The number of benzene rings is 2. The fourth-order valence-electron chi connectivity index (χ4n) is 2.91. The summed E-state index contributed by atoms with van der Waals surface area (Å²) in [7, 11) is 0. The van der Waals surface area contributed by atoms with Gasteiger partial charge in [-0.25, -0.2) is 9.18 Å². The fourth-order valence-corrected chi connectivity index (χ4v) is 3.09. The Balaban J connectivity index is 1.86. The van der Waals surface area contributed by atoms with Crippen molar-refractivity contribution in [3.8, 4) is 0 Å². The molecule has 0 aliphatic rings. The van der Waals surface area contributed by atoms with Crippen molar-refractivity contribution < 1.29 is 9.18 Å². The molecule has 7 heteroatoms. The number of hydrogen-bond donors (Lipinski definition) is 2. The number of para-hydroxylation sites is 1. The summed E-state index contributed by atoms with van der Waals surface area (Å²) in [6.07, 6.45) is 0.749. The molecule has 3 aromatic rings. The first kappa shape index (κ1) is 18.9. The molecule has 0 aliphatic carbocycles. The SMILES string of the molecule is CCCN(Cc1cc(=O)[nH]c2ccccc12)C(=O)Nc1ccc(F)c(Cl)c1. The van der Waals surface area contributed by atoms with Crippen LogP contribution in [0.3, 0.4) is 0 Å². The smallest absolute Gasteiger partial charge is 0.322 e. The third kappa shape index (κ3) is 4.46. The Morgan fingerprint density at radius 3 is 2.74 bits per heavy atom. The Morgan fingerprint density at radius 2 is 2.00 bits per heavy atom. The topological polar surface area (TPSA) is 65.2 Å². The Kier molecular flexibility index (Phi) is 5.76. The van der Waals surface area contributed by atoms with Crippen molar-refractivity contribution in [2.24, 2.45) is 0 Å². The number of aromatic nitrogens is 1. The summed E-state index contributed by atoms with van der Waals surface area (Å²) >= 11 is 5.77. The van der Waals surface area contributed by atoms with Gasteiger partial charge in [0.25, 0.3) is 0 Å². The fraction of sp³-hybridized carbons (Fsp3) is 0.200. The summed E-state index contributed by atoms with van der Waals surface area (Å²) in [5.74, 6) is -0.546. The minimum atomic E-state index is -0.546. The number of H-pyrrole nitrogens is 1. The standard InChI is InChI=1S/C20H19ClFN3O2/c1-2-9-25(20(27)23-14-7-8-17(22)16(21)11-14)12-13-10-19(26)24-18-6-4-3-5-15(13)18/h3-8,10-11H,2,9,12H2,1H3,(H,23,27)(H,24,26). The van der Waals surface area contributed by atoms with Gasteiger partial charge in [0.05, 0.1) is 5.02 Å². The summed E-state index contributed by atoms with van der Waals surface area (Å²) in [5.41, 5.74) is 1.67. The number of halogens is 2. The average Bonchev–Trinajstić information content (AvgIpc) is 2.64. The third-order valence-corrected chi connectivity index (χ3v) is 4.44. The van der Waals surface area contributed by atoms with Gasteiger partial charge in [0.1, 0.15) is 5.82 Å². The van der Waals surface area contributed by atoms with E-state index in [4.69, 9.17) is 11.6 Å². The van der Waals surface area contributed by atoms with Crippen molar-refractivity contribution in [1.29, 1.82) is 0 Å². The van der Waals surface area contributed by atoms with E-state index >= 15 is 0 Å². The van der Waals surface area contributed by atoms with Crippen LogP contribution in [0.2, 0.25) is 5.02 Å². The number of aromatic amines is 1. The molecule has 5 nitrogen and oxygen atoms in total. The highest BCUT2D eigenvalue weighted by atomic mass is 35.5. The molecule has 0 unspecified atom stereocenters. The zero-order chi connectivity index (χ0) is 19.4. The van der Waals surface area contributed by atoms with Crippen molar-refractivity contribution in [3.63, 3.8) is 0 Å². The van der Waals surface area contributed by atoms with Crippen molar-refractivity contribution in [2.45, 2.75) is 19.9 Å². The lowest BCUT2D eigenvalue weighted by atomic mass is 10.1. The highest BCUT2D eigenvalue weighted by Gasteiger charge is 2.16. The van der Waals surface area contributed by atoms with Crippen LogP contribution >= 0.6 is 11.6 Å². The van der Waals surface area contributed by atoms with Gasteiger partial charge in [0.15, 0.2) is 0 Å². The van der Waals surface area contributed by atoms with E-state index in [-0.39, 0.29) is 23.2 Å². The molecule has 0 spiro atoms. The molecule has 0 radical (unpaired) electrons. The number of urea groups is 1. The van der Waals surface area contributed by atoms with Gasteiger partial charge < -0.3 is 15.2 Å². The summed E-state index contributed by atoms with van der Waals surface area (Å²) in [4.78, 5) is 29.1. The maximum absolute atomic E-state index is 13.3. The van der Waals surface area contributed by atoms with E-state index in [0.29, 0.717) is 12.2 Å². The first-order valence-corrected chi connectivity index (χ1v) is 8.97. The first-order valence-electron chi connectivity index (χ1n) is 8.60. The lowest BCUT2D eigenvalue weighted by Crippen LogP contribution is -2.35. The Morgan fingerprint density at radius 1 is 1.22 bits per heavy atom. The van der Waals surface area contributed by atoms with Crippen LogP contribution in [0.15, 0.2) is 53.3 Å². The number of nitrogens with zero attached hydrogens (tertiary/aromatic N) is 1. The van der Waals surface area contributed by atoms with Crippen LogP contribution < -0.4 is 10.9 Å². The van der Waals surface area contributed by atoms with Crippen LogP contribution in [0.5, 0.6) is 0 Å². The van der Waals surface area contributed by atoms with Crippen molar-refractivity contribution in [2.75, 3.05) is 11.9 Å². The average molecular weight is 388 g/mol. The Labute approximate surface area is 160 Å². The number of nitrogens with one attached hydrogen (secondary N) is 2. The number of rotatable bonds is 5. The summed E-state index contributed by atoms with van der Waals surface area (Å²) in [6.45, 7) is 2.74. The van der Waals surface area contributed by atoms with Gasteiger partial charge >= 0.3 is 6.03 Å². The Bertz CT molecular complexity index is 1040. The summed E-state index contributed by atoms with van der Waals surface area (Å²) in [5, 5.41) is 3.55. The molecule has 27 heavy (non-hydrogen) atoms. The summed E-state index contributed by atoms with van der Waals surface area (Å²) in [6, 6.07) is 12.6. The normalized spacial score (nSPS) is 10.8. The quantitative estimate of drug-likeness (QED) is 0.662. The van der Waals surface area contributed by atoms with Gasteiger partial charge in [-0.05, 0) is 36.2 Å². The first-order chi connectivity index (χ1) is 13.0. The molecule has 2 aromatic carbocycles. The predicted molar refractivity (Wildman–Crippen MR) is 106 cm³/mol. The lowest BCUT2D eigenvalue weighted by Gasteiger charge is -2.23.